The Morgan fingerprint density at radius 2 is 1.43 bits per heavy atom. The highest BCUT2D eigenvalue weighted by atomic mass is 79.9. The fraction of sp³-hybridized carbons (Fsp3) is 0.240. The van der Waals surface area contributed by atoms with Gasteiger partial charge in [0.2, 0.25) is 0 Å². The van der Waals surface area contributed by atoms with E-state index in [1.54, 1.807) is 0 Å². The molecule has 1 fully saturated rings. The molecule has 3 aromatic carbocycles. The average Bonchev–Trinajstić information content (AvgIpc) is 2.80. The molecule has 1 aliphatic rings. The molecule has 1 amide bonds. The van der Waals surface area contributed by atoms with Crippen LogP contribution in [-0.2, 0) is 13.1 Å². The van der Waals surface area contributed by atoms with Gasteiger partial charge in [-0.3, -0.25) is 9.69 Å². The number of piperazine rings is 1. The van der Waals surface area contributed by atoms with Gasteiger partial charge in [0.05, 0.1) is 5.56 Å². The minimum atomic E-state index is -0.0613. The predicted octanol–water partition coefficient (Wildman–Crippen LogP) is 4.70. The van der Waals surface area contributed by atoms with Crippen molar-refractivity contribution < 1.29 is 4.79 Å². The zero-order chi connectivity index (χ0) is 20.8. The van der Waals surface area contributed by atoms with Crippen molar-refractivity contribution in [2.24, 2.45) is 0 Å². The second-order valence-electron chi connectivity index (χ2n) is 7.53. The molecule has 0 aromatic heterocycles. The SMILES string of the molecule is O=C(NCc1ccccc1CN1CCN(c2ccccc2)CC1)c1ccccc1Br. The van der Waals surface area contributed by atoms with Crippen molar-refractivity contribution in [1.82, 2.24) is 10.2 Å². The fourth-order valence-electron chi connectivity index (χ4n) is 3.84. The van der Waals surface area contributed by atoms with E-state index in [1.165, 1.54) is 16.8 Å². The molecular formula is C25H26BrN3O. The van der Waals surface area contributed by atoms with E-state index < -0.39 is 0 Å². The molecule has 0 saturated carbocycles. The van der Waals surface area contributed by atoms with Gasteiger partial charge >= 0.3 is 0 Å². The van der Waals surface area contributed by atoms with Gasteiger partial charge in [0.1, 0.15) is 0 Å². The van der Waals surface area contributed by atoms with Gasteiger partial charge in [0.15, 0.2) is 0 Å². The van der Waals surface area contributed by atoms with Crippen LogP contribution in [0.2, 0.25) is 0 Å². The highest BCUT2D eigenvalue weighted by molar-refractivity contribution is 9.10. The molecule has 30 heavy (non-hydrogen) atoms. The van der Waals surface area contributed by atoms with E-state index in [9.17, 15) is 4.79 Å². The minimum absolute atomic E-state index is 0.0613. The van der Waals surface area contributed by atoms with Crippen LogP contribution in [0.3, 0.4) is 0 Å². The van der Waals surface area contributed by atoms with Gasteiger partial charge in [0.25, 0.3) is 5.91 Å². The number of hydrogen-bond acceptors (Lipinski definition) is 3. The molecule has 0 bridgehead atoms. The van der Waals surface area contributed by atoms with E-state index >= 15 is 0 Å². The quantitative estimate of drug-likeness (QED) is 0.575. The van der Waals surface area contributed by atoms with Crippen molar-refractivity contribution in [1.29, 1.82) is 0 Å². The van der Waals surface area contributed by atoms with Crippen LogP contribution in [0.15, 0.2) is 83.3 Å². The van der Waals surface area contributed by atoms with Crippen molar-refractivity contribution in [2.75, 3.05) is 31.1 Å². The summed E-state index contributed by atoms with van der Waals surface area (Å²) < 4.78 is 0.812. The van der Waals surface area contributed by atoms with Gasteiger partial charge in [-0.2, -0.15) is 0 Å². The molecule has 0 atom stereocenters. The van der Waals surface area contributed by atoms with E-state index in [-0.39, 0.29) is 5.91 Å². The Balaban J connectivity index is 1.35. The first-order valence-electron chi connectivity index (χ1n) is 10.3. The second-order valence-corrected chi connectivity index (χ2v) is 8.38. The molecule has 0 radical (unpaired) electrons. The summed E-state index contributed by atoms with van der Waals surface area (Å²) in [5.74, 6) is -0.0613. The fourth-order valence-corrected chi connectivity index (χ4v) is 4.31. The monoisotopic (exact) mass is 463 g/mol. The molecular weight excluding hydrogens is 438 g/mol. The van der Waals surface area contributed by atoms with Gasteiger partial charge in [-0.25, -0.2) is 0 Å². The first-order chi connectivity index (χ1) is 14.7. The van der Waals surface area contributed by atoms with E-state index in [0.717, 1.165) is 37.2 Å². The first-order valence-corrected chi connectivity index (χ1v) is 11.1. The average molecular weight is 464 g/mol. The first kappa shape index (κ1) is 20.6. The second kappa shape index (κ2) is 9.92. The summed E-state index contributed by atoms with van der Waals surface area (Å²) in [4.78, 5) is 17.5. The van der Waals surface area contributed by atoms with E-state index in [0.29, 0.717) is 12.1 Å². The summed E-state index contributed by atoms with van der Waals surface area (Å²) in [6.07, 6.45) is 0. The topological polar surface area (TPSA) is 35.6 Å². The van der Waals surface area contributed by atoms with E-state index in [2.05, 4.69) is 79.6 Å². The molecule has 0 unspecified atom stereocenters. The van der Waals surface area contributed by atoms with Crippen molar-refractivity contribution in [3.8, 4) is 0 Å². The molecule has 0 aliphatic carbocycles. The smallest absolute Gasteiger partial charge is 0.252 e. The lowest BCUT2D eigenvalue weighted by Crippen LogP contribution is -2.46. The number of rotatable bonds is 6. The van der Waals surface area contributed by atoms with Crippen molar-refractivity contribution in [3.63, 3.8) is 0 Å². The number of carbonyl (C=O) groups is 1. The van der Waals surface area contributed by atoms with Gasteiger partial charge in [-0.15, -0.1) is 0 Å². The van der Waals surface area contributed by atoms with Crippen LogP contribution in [0.4, 0.5) is 5.69 Å². The van der Waals surface area contributed by atoms with Crippen LogP contribution in [-0.4, -0.2) is 37.0 Å². The Labute approximate surface area is 186 Å². The van der Waals surface area contributed by atoms with Gasteiger partial charge in [0, 0.05) is 49.4 Å². The third-order valence-electron chi connectivity index (χ3n) is 5.56. The van der Waals surface area contributed by atoms with Crippen LogP contribution in [0.5, 0.6) is 0 Å². The maximum absolute atomic E-state index is 12.6. The zero-order valence-corrected chi connectivity index (χ0v) is 18.5. The number of benzene rings is 3. The van der Waals surface area contributed by atoms with Crippen molar-refractivity contribution in [3.05, 3.63) is 100 Å². The molecule has 5 heteroatoms. The van der Waals surface area contributed by atoms with Gasteiger partial charge in [-0.1, -0.05) is 54.6 Å². The van der Waals surface area contributed by atoms with Crippen LogP contribution in [0, 0.1) is 0 Å². The van der Waals surface area contributed by atoms with Gasteiger partial charge < -0.3 is 10.2 Å². The summed E-state index contributed by atoms with van der Waals surface area (Å²) in [6.45, 7) is 5.57. The maximum atomic E-state index is 12.6. The van der Waals surface area contributed by atoms with Gasteiger partial charge in [-0.05, 0) is 51.3 Å². The van der Waals surface area contributed by atoms with E-state index in [4.69, 9.17) is 0 Å². The normalized spacial score (nSPS) is 14.5. The zero-order valence-electron chi connectivity index (χ0n) is 16.9. The molecule has 3 aromatic rings. The standard InChI is InChI=1S/C25H26BrN3O/c26-24-13-7-6-12-23(24)25(30)27-18-20-8-4-5-9-21(20)19-28-14-16-29(17-15-28)22-10-2-1-3-11-22/h1-13H,14-19H2,(H,27,30). The molecule has 4 nitrogen and oxygen atoms in total. The summed E-state index contributed by atoms with van der Waals surface area (Å²) >= 11 is 3.45. The summed E-state index contributed by atoms with van der Waals surface area (Å²) in [5.41, 5.74) is 4.40. The molecule has 154 valence electrons. The lowest BCUT2D eigenvalue weighted by atomic mass is 10.1. The van der Waals surface area contributed by atoms with Crippen LogP contribution < -0.4 is 10.2 Å². The number of halogens is 1. The number of para-hydroxylation sites is 1. The summed E-state index contributed by atoms with van der Waals surface area (Å²) in [6, 6.07) is 26.5. The Morgan fingerprint density at radius 1 is 0.800 bits per heavy atom. The van der Waals surface area contributed by atoms with Crippen LogP contribution >= 0.6 is 15.9 Å². The van der Waals surface area contributed by atoms with Crippen molar-refractivity contribution >= 4 is 27.5 Å². The maximum Gasteiger partial charge on any atom is 0.252 e. The number of nitrogens with zero attached hydrogens (tertiary/aromatic N) is 2. The summed E-state index contributed by atoms with van der Waals surface area (Å²) in [7, 11) is 0. The number of hydrogen-bond donors (Lipinski definition) is 1. The third-order valence-corrected chi connectivity index (χ3v) is 6.26. The Morgan fingerprint density at radius 3 is 2.17 bits per heavy atom. The lowest BCUT2D eigenvalue weighted by Gasteiger charge is -2.36. The van der Waals surface area contributed by atoms with Crippen LogP contribution in [0.1, 0.15) is 21.5 Å². The number of nitrogens with one attached hydrogen (secondary N) is 1. The number of anilines is 1. The highest BCUT2D eigenvalue weighted by Crippen LogP contribution is 2.19. The number of carbonyl (C=O) groups excluding carboxylic acids is 1. The third kappa shape index (κ3) is 5.10. The highest BCUT2D eigenvalue weighted by Gasteiger charge is 2.18. The lowest BCUT2D eigenvalue weighted by molar-refractivity contribution is 0.0950. The Bertz CT molecular complexity index is 984. The molecule has 1 saturated heterocycles. The Hall–Kier alpha value is -2.63. The molecule has 0 spiro atoms. The Kier molecular flexibility index (Phi) is 6.82. The van der Waals surface area contributed by atoms with Crippen molar-refractivity contribution in [2.45, 2.75) is 13.1 Å². The number of amides is 1. The molecule has 1 aliphatic heterocycles. The molecule has 4 rings (SSSR count). The molecule has 1 N–H and O–H groups in total. The predicted molar refractivity (Wildman–Crippen MR) is 126 cm³/mol. The molecule has 1 heterocycles. The largest absolute Gasteiger partial charge is 0.369 e. The summed E-state index contributed by atoms with van der Waals surface area (Å²) in [5, 5.41) is 3.07. The minimum Gasteiger partial charge on any atom is -0.369 e. The van der Waals surface area contributed by atoms with E-state index in [1.807, 2.05) is 30.3 Å². The van der Waals surface area contributed by atoms with Crippen LogP contribution in [0.25, 0.3) is 0 Å².